The second-order valence-electron chi connectivity index (χ2n) is 6.99. The van der Waals surface area contributed by atoms with Gasteiger partial charge in [-0.25, -0.2) is 0 Å². The summed E-state index contributed by atoms with van der Waals surface area (Å²) in [7, 11) is 3.39. The first-order chi connectivity index (χ1) is 13.9. The number of ether oxygens (including phenoxy) is 3. The first kappa shape index (κ1) is 20.5. The highest BCUT2D eigenvalue weighted by Gasteiger charge is 2.19. The van der Waals surface area contributed by atoms with E-state index in [4.69, 9.17) is 14.2 Å². The number of carbonyl (C=O) groups excluding carboxylic acids is 2. The number of rotatable bonds is 8. The van der Waals surface area contributed by atoms with Gasteiger partial charge in [-0.1, -0.05) is 6.07 Å². The predicted octanol–water partition coefficient (Wildman–Crippen LogP) is 0.755. The maximum Gasteiger partial charge on any atom is 0.279 e. The molecule has 3 rings (SSSR count). The van der Waals surface area contributed by atoms with Gasteiger partial charge < -0.3 is 29.7 Å². The van der Waals surface area contributed by atoms with E-state index >= 15 is 0 Å². The molecule has 1 aliphatic heterocycles. The van der Waals surface area contributed by atoms with E-state index in [9.17, 15) is 9.59 Å². The summed E-state index contributed by atoms with van der Waals surface area (Å²) in [5.74, 6) is 1.81. The fourth-order valence-corrected chi connectivity index (χ4v) is 3.05. The maximum atomic E-state index is 12.3. The van der Waals surface area contributed by atoms with E-state index in [-0.39, 0.29) is 37.7 Å². The van der Waals surface area contributed by atoms with E-state index in [0.717, 1.165) is 16.2 Å². The number of benzene rings is 2. The molecule has 1 unspecified atom stereocenters. The van der Waals surface area contributed by atoms with Gasteiger partial charge in [-0.05, 0) is 48.9 Å². The molecule has 0 radical (unpaired) electrons. The number of nitrogens with one attached hydrogen (secondary N) is 3. The summed E-state index contributed by atoms with van der Waals surface area (Å²) in [5.41, 5.74) is 1.61. The average Bonchev–Trinajstić information content (AvgIpc) is 3.15. The molecule has 0 fully saturated rings. The molecule has 0 aromatic heterocycles. The van der Waals surface area contributed by atoms with Crippen molar-refractivity contribution < 1.29 is 28.7 Å². The van der Waals surface area contributed by atoms with Gasteiger partial charge in [0.05, 0.1) is 20.2 Å². The molecule has 2 aromatic rings. The standard InChI is InChI=1S/C21H25N3O5/c1-14(15-4-9-18-19(10-15)29-13-28-18)22-20(25)11-24(2)12-21(26)23-16-5-7-17(27-3)8-6-16/h4-10,14H,11-13H2,1-3H3,(H,22,25)(H,23,26)/p+1/t14-/m0/s1. The van der Waals surface area contributed by atoms with Crippen LogP contribution in [0, 0.1) is 0 Å². The van der Waals surface area contributed by atoms with Gasteiger partial charge in [-0.2, -0.15) is 0 Å². The topological polar surface area (TPSA) is 90.3 Å². The minimum absolute atomic E-state index is 0.134. The van der Waals surface area contributed by atoms with Crippen molar-refractivity contribution >= 4 is 17.5 Å². The van der Waals surface area contributed by atoms with Gasteiger partial charge in [-0.3, -0.25) is 9.59 Å². The van der Waals surface area contributed by atoms with Crippen LogP contribution in [0.4, 0.5) is 5.69 Å². The third-order valence-electron chi connectivity index (χ3n) is 4.57. The predicted molar refractivity (Wildman–Crippen MR) is 107 cm³/mol. The van der Waals surface area contributed by atoms with Crippen molar-refractivity contribution in [3.63, 3.8) is 0 Å². The summed E-state index contributed by atoms with van der Waals surface area (Å²) < 4.78 is 15.8. The quantitative estimate of drug-likeness (QED) is 0.609. The molecule has 8 nitrogen and oxygen atoms in total. The van der Waals surface area contributed by atoms with Crippen LogP contribution in [0.1, 0.15) is 18.5 Å². The average molecular weight is 400 g/mol. The number of carbonyl (C=O) groups is 2. The van der Waals surface area contributed by atoms with Crippen molar-refractivity contribution in [3.05, 3.63) is 48.0 Å². The van der Waals surface area contributed by atoms with Crippen molar-refractivity contribution in [2.45, 2.75) is 13.0 Å². The lowest BCUT2D eigenvalue weighted by Gasteiger charge is -2.17. The van der Waals surface area contributed by atoms with Crippen LogP contribution in [-0.4, -0.2) is 45.9 Å². The Bertz CT molecular complexity index is 869. The Labute approximate surface area is 169 Å². The lowest BCUT2D eigenvalue weighted by atomic mass is 10.1. The molecule has 0 bridgehead atoms. The van der Waals surface area contributed by atoms with Gasteiger partial charge in [0.25, 0.3) is 11.8 Å². The summed E-state index contributed by atoms with van der Waals surface area (Å²) in [6, 6.07) is 12.5. The molecule has 1 heterocycles. The number of hydrogen-bond donors (Lipinski definition) is 3. The molecule has 1 aliphatic rings. The maximum absolute atomic E-state index is 12.3. The van der Waals surface area contributed by atoms with Crippen molar-refractivity contribution in [3.8, 4) is 17.2 Å². The van der Waals surface area contributed by atoms with Crippen LogP contribution in [0.2, 0.25) is 0 Å². The SMILES string of the molecule is COc1ccc(NC(=O)C[NH+](C)CC(=O)N[C@@H](C)c2ccc3c(c2)OCO3)cc1. The van der Waals surface area contributed by atoms with E-state index in [0.29, 0.717) is 17.2 Å². The van der Waals surface area contributed by atoms with Crippen LogP contribution >= 0.6 is 0 Å². The number of fused-ring (bicyclic) bond motifs is 1. The highest BCUT2D eigenvalue weighted by molar-refractivity contribution is 5.91. The summed E-state index contributed by atoms with van der Waals surface area (Å²) in [5, 5.41) is 5.77. The molecule has 2 amide bonds. The molecule has 0 saturated heterocycles. The molecule has 3 N–H and O–H groups in total. The Hall–Kier alpha value is -3.26. The first-order valence-electron chi connectivity index (χ1n) is 9.38. The largest absolute Gasteiger partial charge is 0.497 e. The van der Waals surface area contributed by atoms with Crippen molar-refractivity contribution in [1.29, 1.82) is 0 Å². The number of methoxy groups -OCH3 is 1. The van der Waals surface area contributed by atoms with Crippen LogP contribution in [0.25, 0.3) is 0 Å². The van der Waals surface area contributed by atoms with Gasteiger partial charge in [0, 0.05) is 5.69 Å². The number of quaternary nitrogens is 1. The molecule has 8 heteroatoms. The highest BCUT2D eigenvalue weighted by Crippen LogP contribution is 2.34. The number of amides is 2. The molecule has 154 valence electrons. The summed E-state index contributed by atoms with van der Waals surface area (Å²) in [6.07, 6.45) is 0. The van der Waals surface area contributed by atoms with Gasteiger partial charge in [0.15, 0.2) is 24.6 Å². The zero-order chi connectivity index (χ0) is 20.8. The monoisotopic (exact) mass is 400 g/mol. The molecule has 29 heavy (non-hydrogen) atoms. The van der Waals surface area contributed by atoms with Crippen molar-refractivity contribution in [2.24, 2.45) is 0 Å². The minimum Gasteiger partial charge on any atom is -0.497 e. The van der Waals surface area contributed by atoms with Crippen LogP contribution in [0.5, 0.6) is 17.2 Å². The van der Waals surface area contributed by atoms with Gasteiger partial charge >= 0.3 is 0 Å². The van der Waals surface area contributed by atoms with Crippen LogP contribution in [-0.2, 0) is 9.59 Å². The summed E-state index contributed by atoms with van der Waals surface area (Å²) >= 11 is 0. The zero-order valence-corrected chi connectivity index (χ0v) is 16.8. The van der Waals surface area contributed by atoms with Crippen LogP contribution in [0.3, 0.4) is 0 Å². The Kier molecular flexibility index (Phi) is 6.56. The van der Waals surface area contributed by atoms with E-state index in [2.05, 4.69) is 10.6 Å². The molecule has 0 saturated carbocycles. The molecule has 0 spiro atoms. The first-order valence-corrected chi connectivity index (χ1v) is 9.38. The van der Waals surface area contributed by atoms with Crippen molar-refractivity contribution in [1.82, 2.24) is 5.32 Å². The van der Waals surface area contributed by atoms with E-state index in [1.807, 2.05) is 25.1 Å². The third kappa shape index (κ3) is 5.61. The molecular formula is C21H26N3O5+. The zero-order valence-electron chi connectivity index (χ0n) is 16.8. The Balaban J connectivity index is 1.45. The number of anilines is 1. The summed E-state index contributed by atoms with van der Waals surface area (Å²) in [4.78, 5) is 25.3. The number of likely N-dealkylation sites (N-methyl/N-ethyl adjacent to an activating group) is 1. The third-order valence-corrected chi connectivity index (χ3v) is 4.57. The van der Waals surface area contributed by atoms with E-state index < -0.39 is 0 Å². The summed E-state index contributed by atoms with van der Waals surface area (Å²) in [6.45, 7) is 2.48. The van der Waals surface area contributed by atoms with Gasteiger partial charge in [0.2, 0.25) is 6.79 Å². The van der Waals surface area contributed by atoms with E-state index in [1.165, 1.54) is 0 Å². The normalized spacial score (nSPS) is 14.0. The molecule has 2 atom stereocenters. The Morgan fingerprint density at radius 1 is 1.07 bits per heavy atom. The molecular weight excluding hydrogens is 374 g/mol. The number of hydrogen-bond acceptors (Lipinski definition) is 5. The van der Waals surface area contributed by atoms with Crippen molar-refractivity contribution in [2.75, 3.05) is 39.4 Å². The van der Waals surface area contributed by atoms with Gasteiger partial charge in [0.1, 0.15) is 5.75 Å². The lowest BCUT2D eigenvalue weighted by molar-refractivity contribution is -0.862. The van der Waals surface area contributed by atoms with Crippen LogP contribution in [0.15, 0.2) is 42.5 Å². The van der Waals surface area contributed by atoms with Gasteiger partial charge in [-0.15, -0.1) is 0 Å². The van der Waals surface area contributed by atoms with E-state index in [1.54, 1.807) is 38.4 Å². The Morgan fingerprint density at radius 2 is 1.76 bits per heavy atom. The second kappa shape index (κ2) is 9.29. The molecule has 0 aliphatic carbocycles. The minimum atomic E-state index is -0.182. The fourth-order valence-electron chi connectivity index (χ4n) is 3.05. The lowest BCUT2D eigenvalue weighted by Crippen LogP contribution is -3.11. The second-order valence-corrected chi connectivity index (χ2v) is 6.99. The van der Waals surface area contributed by atoms with Crippen LogP contribution < -0.4 is 29.7 Å². The Morgan fingerprint density at radius 3 is 2.48 bits per heavy atom. The fraction of sp³-hybridized carbons (Fsp3) is 0.333. The molecule has 2 aromatic carbocycles. The smallest absolute Gasteiger partial charge is 0.279 e. The highest BCUT2D eigenvalue weighted by atomic mass is 16.7.